The van der Waals surface area contributed by atoms with E-state index >= 15 is 0 Å². The van der Waals surface area contributed by atoms with E-state index in [9.17, 15) is 0 Å². The molecule has 0 aliphatic carbocycles. The molecular weight excluding hydrogens is 358 g/mol. The van der Waals surface area contributed by atoms with Gasteiger partial charge in [-0.05, 0) is 25.0 Å². The molecule has 0 heterocycles. The van der Waals surface area contributed by atoms with Gasteiger partial charge in [0.15, 0.2) is 0 Å². The van der Waals surface area contributed by atoms with Gasteiger partial charge in [-0.3, -0.25) is 0 Å². The standard InChI is InChI=1S/C26H47NO2/c1-3-5-7-9-11-13-15-17-22-28-24-20-19-21-25(26(24)27)29-23-18-16-14-12-10-8-6-4-2/h19-21H,3-18,22-23,27H2,1-2H3. The molecule has 1 rings (SSSR count). The van der Waals surface area contributed by atoms with Crippen molar-refractivity contribution in [3.05, 3.63) is 18.2 Å². The molecule has 0 spiro atoms. The SMILES string of the molecule is CCCCCCCCCCOc1cccc(OCCCCCCCCCC)c1N. The van der Waals surface area contributed by atoms with Crippen molar-refractivity contribution in [1.29, 1.82) is 0 Å². The van der Waals surface area contributed by atoms with Crippen molar-refractivity contribution >= 4 is 5.69 Å². The zero-order chi connectivity index (χ0) is 21.0. The van der Waals surface area contributed by atoms with Crippen molar-refractivity contribution in [2.75, 3.05) is 18.9 Å². The van der Waals surface area contributed by atoms with E-state index < -0.39 is 0 Å². The minimum Gasteiger partial charge on any atom is -0.491 e. The summed E-state index contributed by atoms with van der Waals surface area (Å²) in [5, 5.41) is 0. The molecule has 29 heavy (non-hydrogen) atoms. The van der Waals surface area contributed by atoms with Gasteiger partial charge in [0.1, 0.15) is 17.2 Å². The minimum absolute atomic E-state index is 0.645. The fourth-order valence-corrected chi connectivity index (χ4v) is 3.61. The second-order valence-electron chi connectivity index (χ2n) is 8.31. The molecule has 0 amide bonds. The van der Waals surface area contributed by atoms with Crippen molar-refractivity contribution < 1.29 is 9.47 Å². The second-order valence-corrected chi connectivity index (χ2v) is 8.31. The molecule has 168 valence electrons. The summed E-state index contributed by atoms with van der Waals surface area (Å²) in [6, 6.07) is 5.87. The van der Waals surface area contributed by atoms with Crippen molar-refractivity contribution in [2.24, 2.45) is 0 Å². The van der Waals surface area contributed by atoms with E-state index in [1.165, 1.54) is 89.9 Å². The Bertz CT molecular complexity index is 449. The lowest BCUT2D eigenvalue weighted by Crippen LogP contribution is -2.04. The van der Waals surface area contributed by atoms with Gasteiger partial charge in [0, 0.05) is 0 Å². The Morgan fingerprint density at radius 3 is 1.28 bits per heavy atom. The number of para-hydroxylation sites is 1. The number of ether oxygens (including phenoxy) is 2. The monoisotopic (exact) mass is 405 g/mol. The van der Waals surface area contributed by atoms with Crippen molar-refractivity contribution in [1.82, 2.24) is 0 Å². The minimum atomic E-state index is 0.645. The van der Waals surface area contributed by atoms with Crippen LogP contribution >= 0.6 is 0 Å². The highest BCUT2D eigenvalue weighted by molar-refractivity contribution is 5.62. The summed E-state index contributed by atoms with van der Waals surface area (Å²) >= 11 is 0. The number of benzene rings is 1. The Kier molecular flexibility index (Phi) is 16.5. The summed E-state index contributed by atoms with van der Waals surface area (Å²) < 4.78 is 11.8. The van der Waals surface area contributed by atoms with E-state index in [1.54, 1.807) is 0 Å². The average Bonchev–Trinajstić information content (AvgIpc) is 2.73. The summed E-state index contributed by atoms with van der Waals surface area (Å²) in [4.78, 5) is 0. The smallest absolute Gasteiger partial charge is 0.146 e. The van der Waals surface area contributed by atoms with Crippen LogP contribution in [0.2, 0.25) is 0 Å². The third kappa shape index (κ3) is 13.5. The molecule has 3 nitrogen and oxygen atoms in total. The first kappa shape index (κ1) is 25.7. The van der Waals surface area contributed by atoms with Crippen LogP contribution in [-0.4, -0.2) is 13.2 Å². The van der Waals surface area contributed by atoms with Crippen LogP contribution in [0.3, 0.4) is 0 Å². The highest BCUT2D eigenvalue weighted by Crippen LogP contribution is 2.31. The first-order chi connectivity index (χ1) is 14.3. The molecule has 0 fully saturated rings. The molecular formula is C26H47NO2. The number of hydrogen-bond acceptors (Lipinski definition) is 3. The van der Waals surface area contributed by atoms with Gasteiger partial charge >= 0.3 is 0 Å². The van der Waals surface area contributed by atoms with E-state index in [0.29, 0.717) is 5.69 Å². The number of hydrogen-bond donors (Lipinski definition) is 1. The molecule has 0 saturated heterocycles. The Labute approximate surface area is 180 Å². The Hall–Kier alpha value is -1.38. The van der Waals surface area contributed by atoms with Gasteiger partial charge in [0.25, 0.3) is 0 Å². The van der Waals surface area contributed by atoms with E-state index in [4.69, 9.17) is 15.2 Å². The molecule has 3 heteroatoms. The second kappa shape index (κ2) is 18.6. The van der Waals surface area contributed by atoms with Crippen LogP contribution in [0.4, 0.5) is 5.69 Å². The number of anilines is 1. The fraction of sp³-hybridized carbons (Fsp3) is 0.769. The van der Waals surface area contributed by atoms with Crippen molar-refractivity contribution in [2.45, 2.75) is 117 Å². The average molecular weight is 406 g/mol. The maximum atomic E-state index is 6.25. The van der Waals surface area contributed by atoms with Crippen LogP contribution in [0, 0.1) is 0 Å². The number of unbranched alkanes of at least 4 members (excludes halogenated alkanes) is 14. The van der Waals surface area contributed by atoms with Crippen LogP contribution in [0.25, 0.3) is 0 Å². The molecule has 1 aromatic rings. The number of rotatable bonds is 20. The number of nitrogens with two attached hydrogens (primary N) is 1. The molecule has 0 aliphatic rings. The summed E-state index contributed by atoms with van der Waals surface area (Å²) in [6.45, 7) is 6.00. The zero-order valence-corrected chi connectivity index (χ0v) is 19.4. The molecule has 0 bridgehead atoms. The normalized spacial score (nSPS) is 11.0. The predicted octanol–water partition coefficient (Wildman–Crippen LogP) is 8.31. The lowest BCUT2D eigenvalue weighted by atomic mass is 10.1. The Morgan fingerprint density at radius 2 is 0.897 bits per heavy atom. The van der Waals surface area contributed by atoms with Crippen molar-refractivity contribution in [3.8, 4) is 11.5 Å². The van der Waals surface area contributed by atoms with Gasteiger partial charge < -0.3 is 15.2 Å². The van der Waals surface area contributed by atoms with Crippen LogP contribution in [-0.2, 0) is 0 Å². The highest BCUT2D eigenvalue weighted by Gasteiger charge is 2.07. The summed E-state index contributed by atoms with van der Waals surface area (Å²) in [6.07, 6.45) is 20.9. The van der Waals surface area contributed by atoms with Crippen LogP contribution in [0.15, 0.2) is 18.2 Å². The van der Waals surface area contributed by atoms with E-state index in [-0.39, 0.29) is 0 Å². The first-order valence-corrected chi connectivity index (χ1v) is 12.4. The summed E-state index contributed by atoms with van der Waals surface area (Å²) in [5.74, 6) is 1.53. The van der Waals surface area contributed by atoms with Crippen LogP contribution in [0.5, 0.6) is 11.5 Å². The van der Waals surface area contributed by atoms with Gasteiger partial charge in [0.2, 0.25) is 0 Å². The first-order valence-electron chi connectivity index (χ1n) is 12.4. The topological polar surface area (TPSA) is 44.5 Å². The van der Waals surface area contributed by atoms with E-state index in [1.807, 2.05) is 18.2 Å². The molecule has 0 aliphatic heterocycles. The Morgan fingerprint density at radius 1 is 0.552 bits per heavy atom. The quantitative estimate of drug-likeness (QED) is 0.175. The maximum Gasteiger partial charge on any atom is 0.146 e. The van der Waals surface area contributed by atoms with Gasteiger partial charge in [-0.25, -0.2) is 0 Å². The predicted molar refractivity (Wildman–Crippen MR) is 127 cm³/mol. The van der Waals surface area contributed by atoms with Gasteiger partial charge in [-0.2, -0.15) is 0 Å². The van der Waals surface area contributed by atoms with Crippen molar-refractivity contribution in [3.63, 3.8) is 0 Å². The van der Waals surface area contributed by atoms with Gasteiger partial charge in [-0.15, -0.1) is 0 Å². The molecule has 0 aromatic heterocycles. The van der Waals surface area contributed by atoms with Gasteiger partial charge in [-0.1, -0.05) is 110 Å². The number of nitrogen functional groups attached to an aromatic ring is 1. The summed E-state index contributed by atoms with van der Waals surface area (Å²) in [7, 11) is 0. The molecule has 2 N–H and O–H groups in total. The van der Waals surface area contributed by atoms with E-state index in [0.717, 1.165) is 37.6 Å². The summed E-state index contributed by atoms with van der Waals surface area (Å²) in [5.41, 5.74) is 6.90. The van der Waals surface area contributed by atoms with Crippen LogP contribution < -0.4 is 15.2 Å². The molecule has 0 unspecified atom stereocenters. The highest BCUT2D eigenvalue weighted by atomic mass is 16.5. The third-order valence-corrected chi connectivity index (χ3v) is 5.54. The third-order valence-electron chi connectivity index (χ3n) is 5.54. The molecule has 0 saturated carbocycles. The lowest BCUT2D eigenvalue weighted by Gasteiger charge is -2.13. The van der Waals surface area contributed by atoms with Crippen LogP contribution in [0.1, 0.15) is 117 Å². The van der Waals surface area contributed by atoms with Gasteiger partial charge in [0.05, 0.1) is 13.2 Å². The largest absolute Gasteiger partial charge is 0.491 e. The maximum absolute atomic E-state index is 6.25. The van der Waals surface area contributed by atoms with E-state index in [2.05, 4.69) is 13.8 Å². The fourth-order valence-electron chi connectivity index (χ4n) is 3.61. The Balaban J connectivity index is 2.11. The molecule has 1 aromatic carbocycles. The zero-order valence-electron chi connectivity index (χ0n) is 19.4. The molecule has 0 atom stereocenters. The lowest BCUT2D eigenvalue weighted by molar-refractivity contribution is 0.292. The molecule has 0 radical (unpaired) electrons.